The summed E-state index contributed by atoms with van der Waals surface area (Å²) in [6, 6.07) is 5.22. The van der Waals surface area contributed by atoms with E-state index in [0.717, 1.165) is 11.3 Å². The minimum atomic E-state index is -0.348. The van der Waals surface area contributed by atoms with Gasteiger partial charge in [0.05, 0.1) is 23.6 Å². The molecule has 0 atom stereocenters. The van der Waals surface area contributed by atoms with Crippen molar-refractivity contribution in [3.63, 3.8) is 0 Å². The number of hydrogen-bond donors (Lipinski definition) is 1. The van der Waals surface area contributed by atoms with E-state index in [4.69, 9.17) is 4.74 Å². The van der Waals surface area contributed by atoms with Crippen molar-refractivity contribution in [1.82, 2.24) is 0 Å². The quantitative estimate of drug-likeness (QED) is 0.837. The van der Waals surface area contributed by atoms with Gasteiger partial charge in [-0.1, -0.05) is 6.92 Å². The van der Waals surface area contributed by atoms with Crippen molar-refractivity contribution in [3.8, 4) is 0 Å². The van der Waals surface area contributed by atoms with Gasteiger partial charge in [0, 0.05) is 4.90 Å². The van der Waals surface area contributed by atoms with Crippen LogP contribution >= 0.6 is 11.8 Å². The Kier molecular flexibility index (Phi) is 3.68. The molecular weight excluding hydrogens is 238 g/mol. The molecule has 17 heavy (non-hydrogen) atoms. The van der Waals surface area contributed by atoms with Gasteiger partial charge in [0.1, 0.15) is 0 Å². The summed E-state index contributed by atoms with van der Waals surface area (Å²) in [5.41, 5.74) is 1.16. The van der Waals surface area contributed by atoms with E-state index in [1.807, 2.05) is 13.0 Å². The first-order valence-corrected chi connectivity index (χ1v) is 6.43. The molecule has 1 aliphatic rings. The number of anilines is 1. The van der Waals surface area contributed by atoms with Crippen LogP contribution in [0.3, 0.4) is 0 Å². The lowest BCUT2D eigenvalue weighted by Crippen LogP contribution is -2.19. The molecule has 0 bridgehead atoms. The SMILES string of the molecule is CCCOC(=O)c1ccc2c(c1)NC(=O)CS2. The molecule has 0 radical (unpaired) electrons. The fourth-order valence-electron chi connectivity index (χ4n) is 1.49. The van der Waals surface area contributed by atoms with Gasteiger partial charge in [-0.15, -0.1) is 11.8 Å². The van der Waals surface area contributed by atoms with Crippen molar-refractivity contribution in [2.24, 2.45) is 0 Å². The number of benzene rings is 1. The first-order chi connectivity index (χ1) is 8.20. The monoisotopic (exact) mass is 251 g/mol. The topological polar surface area (TPSA) is 55.4 Å². The summed E-state index contributed by atoms with van der Waals surface area (Å²) in [4.78, 5) is 23.8. The van der Waals surface area contributed by atoms with Crippen LogP contribution in [0.4, 0.5) is 5.69 Å². The van der Waals surface area contributed by atoms with Crippen LogP contribution in [0, 0.1) is 0 Å². The molecule has 0 fully saturated rings. The molecule has 2 rings (SSSR count). The minimum Gasteiger partial charge on any atom is -0.462 e. The van der Waals surface area contributed by atoms with Gasteiger partial charge in [-0.2, -0.15) is 0 Å². The number of amides is 1. The molecule has 0 spiro atoms. The van der Waals surface area contributed by atoms with Crippen LogP contribution in [0.2, 0.25) is 0 Å². The normalized spacial score (nSPS) is 13.8. The second kappa shape index (κ2) is 5.23. The Morgan fingerprint density at radius 1 is 1.53 bits per heavy atom. The molecule has 1 aromatic carbocycles. The summed E-state index contributed by atoms with van der Waals surface area (Å²) in [6.45, 7) is 2.36. The zero-order valence-electron chi connectivity index (χ0n) is 9.49. The Hall–Kier alpha value is -1.49. The Morgan fingerprint density at radius 2 is 2.35 bits per heavy atom. The average Bonchev–Trinajstić information content (AvgIpc) is 2.35. The highest BCUT2D eigenvalue weighted by Gasteiger charge is 2.17. The maximum absolute atomic E-state index is 11.6. The zero-order valence-corrected chi connectivity index (χ0v) is 10.3. The maximum Gasteiger partial charge on any atom is 0.338 e. The number of rotatable bonds is 3. The van der Waals surface area contributed by atoms with Crippen LogP contribution in [0.5, 0.6) is 0 Å². The second-order valence-corrected chi connectivity index (χ2v) is 4.70. The Balaban J connectivity index is 2.18. The predicted molar refractivity (Wildman–Crippen MR) is 66.4 cm³/mol. The molecule has 0 saturated carbocycles. The fraction of sp³-hybridized carbons (Fsp3) is 0.333. The van der Waals surface area contributed by atoms with Crippen molar-refractivity contribution >= 4 is 29.3 Å². The van der Waals surface area contributed by atoms with Gasteiger partial charge in [-0.25, -0.2) is 4.79 Å². The highest BCUT2D eigenvalue weighted by Crippen LogP contribution is 2.32. The number of thioether (sulfide) groups is 1. The van der Waals surface area contributed by atoms with Gasteiger partial charge < -0.3 is 10.1 Å². The van der Waals surface area contributed by atoms with Crippen molar-refractivity contribution < 1.29 is 14.3 Å². The summed E-state index contributed by atoms with van der Waals surface area (Å²) < 4.78 is 5.04. The fourth-order valence-corrected chi connectivity index (χ4v) is 2.28. The largest absolute Gasteiger partial charge is 0.462 e. The lowest BCUT2D eigenvalue weighted by Gasteiger charge is -2.16. The summed E-state index contributed by atoms with van der Waals surface area (Å²) in [5.74, 6) is 0.0353. The number of ether oxygens (including phenoxy) is 1. The van der Waals surface area contributed by atoms with Crippen LogP contribution in [-0.2, 0) is 9.53 Å². The minimum absolute atomic E-state index is 0.0402. The lowest BCUT2D eigenvalue weighted by atomic mass is 10.2. The predicted octanol–water partition coefficient (Wildman–Crippen LogP) is 2.30. The van der Waals surface area contributed by atoms with Crippen LogP contribution in [-0.4, -0.2) is 24.2 Å². The van der Waals surface area contributed by atoms with Crippen molar-refractivity contribution in [2.45, 2.75) is 18.2 Å². The molecular formula is C12H13NO3S. The van der Waals surface area contributed by atoms with E-state index in [1.54, 1.807) is 12.1 Å². The van der Waals surface area contributed by atoms with Crippen LogP contribution in [0.15, 0.2) is 23.1 Å². The van der Waals surface area contributed by atoms with Crippen molar-refractivity contribution in [1.29, 1.82) is 0 Å². The van der Waals surface area contributed by atoms with Crippen molar-refractivity contribution in [3.05, 3.63) is 23.8 Å². The van der Waals surface area contributed by atoms with Gasteiger partial charge in [0.2, 0.25) is 5.91 Å². The molecule has 1 amide bonds. The molecule has 1 heterocycles. The number of nitrogens with one attached hydrogen (secondary N) is 1. The number of carbonyl (C=O) groups excluding carboxylic acids is 2. The van der Waals surface area contributed by atoms with E-state index in [0.29, 0.717) is 23.6 Å². The first-order valence-electron chi connectivity index (χ1n) is 5.44. The second-order valence-electron chi connectivity index (χ2n) is 3.68. The van der Waals surface area contributed by atoms with E-state index in [9.17, 15) is 9.59 Å². The van der Waals surface area contributed by atoms with Gasteiger partial charge in [0.25, 0.3) is 0 Å². The third-order valence-corrected chi connectivity index (χ3v) is 3.36. The summed E-state index contributed by atoms with van der Waals surface area (Å²) >= 11 is 1.47. The van der Waals surface area contributed by atoms with Gasteiger partial charge in [-0.3, -0.25) is 4.79 Å². The Morgan fingerprint density at radius 3 is 3.12 bits per heavy atom. The molecule has 5 heteroatoms. The number of fused-ring (bicyclic) bond motifs is 1. The van der Waals surface area contributed by atoms with Crippen molar-refractivity contribution in [2.75, 3.05) is 17.7 Å². The Bertz CT molecular complexity index is 459. The van der Waals surface area contributed by atoms with E-state index in [2.05, 4.69) is 5.32 Å². The van der Waals surface area contributed by atoms with E-state index in [-0.39, 0.29) is 11.9 Å². The van der Waals surface area contributed by atoms with Gasteiger partial charge in [0.15, 0.2) is 0 Å². The zero-order chi connectivity index (χ0) is 12.3. The third kappa shape index (κ3) is 2.79. The first kappa shape index (κ1) is 12.0. The average molecular weight is 251 g/mol. The van der Waals surface area contributed by atoms with E-state index >= 15 is 0 Å². The summed E-state index contributed by atoms with van der Waals surface area (Å²) in [7, 11) is 0. The van der Waals surface area contributed by atoms with Gasteiger partial charge >= 0.3 is 5.97 Å². The molecule has 0 saturated heterocycles. The van der Waals surface area contributed by atoms with Crippen LogP contribution in [0.25, 0.3) is 0 Å². The maximum atomic E-state index is 11.6. The molecule has 0 unspecified atom stereocenters. The Labute approximate surface area is 104 Å². The highest BCUT2D eigenvalue weighted by molar-refractivity contribution is 8.00. The number of hydrogen-bond acceptors (Lipinski definition) is 4. The summed E-state index contributed by atoms with van der Waals surface area (Å²) in [6.07, 6.45) is 0.795. The van der Waals surface area contributed by atoms with Crippen LogP contribution in [0.1, 0.15) is 23.7 Å². The standard InChI is InChI=1S/C12H13NO3S/c1-2-5-16-12(15)8-3-4-10-9(6-8)13-11(14)7-17-10/h3-4,6H,2,5,7H2,1H3,(H,13,14). The number of esters is 1. The van der Waals surface area contributed by atoms with Gasteiger partial charge in [-0.05, 0) is 24.6 Å². The molecule has 0 aliphatic carbocycles. The van der Waals surface area contributed by atoms with E-state index in [1.165, 1.54) is 11.8 Å². The highest BCUT2D eigenvalue weighted by atomic mass is 32.2. The third-order valence-electron chi connectivity index (χ3n) is 2.29. The number of carbonyl (C=O) groups is 2. The molecule has 4 nitrogen and oxygen atoms in total. The smallest absolute Gasteiger partial charge is 0.338 e. The lowest BCUT2D eigenvalue weighted by molar-refractivity contribution is -0.113. The molecule has 1 N–H and O–H groups in total. The summed E-state index contributed by atoms with van der Waals surface area (Å²) in [5, 5.41) is 2.74. The van der Waals surface area contributed by atoms with Crippen LogP contribution < -0.4 is 5.32 Å². The molecule has 1 aliphatic heterocycles. The molecule has 0 aromatic heterocycles. The molecule has 90 valence electrons. The molecule has 1 aromatic rings. The van der Waals surface area contributed by atoms with E-state index < -0.39 is 0 Å².